The Morgan fingerprint density at radius 1 is 1.00 bits per heavy atom. The predicted molar refractivity (Wildman–Crippen MR) is 136 cm³/mol. The average Bonchev–Trinajstić information content (AvgIpc) is 2.84. The molecule has 2 aromatic carbocycles. The maximum atomic E-state index is 13.0. The minimum atomic E-state index is -3.67. The number of rotatable bonds is 5. The average molecular weight is 516 g/mol. The normalized spacial score (nSPS) is 14.5. The third kappa shape index (κ3) is 4.88. The van der Waals surface area contributed by atoms with Gasteiger partial charge in [-0.1, -0.05) is 47.5 Å². The Morgan fingerprint density at radius 2 is 1.76 bits per heavy atom. The third-order valence-electron chi connectivity index (χ3n) is 5.66. The molecule has 0 N–H and O–H groups in total. The van der Waals surface area contributed by atoms with Gasteiger partial charge in [-0.2, -0.15) is 4.31 Å². The first-order chi connectivity index (χ1) is 16.2. The zero-order chi connectivity index (χ0) is 24.5. The van der Waals surface area contributed by atoms with Crippen molar-refractivity contribution in [2.45, 2.75) is 11.3 Å². The SMILES string of the molecule is CN(C)C(=O)c1ccc(-c2cc(C3=CCN(S(=O)(=O)c4ccccc4Cl)CC3)ccn2)cc1Cl. The number of hydrogen-bond donors (Lipinski definition) is 0. The lowest BCUT2D eigenvalue weighted by Gasteiger charge is -2.26. The molecule has 1 aliphatic rings. The van der Waals surface area contributed by atoms with Crippen molar-refractivity contribution < 1.29 is 13.2 Å². The molecule has 1 aromatic heterocycles. The number of sulfonamides is 1. The van der Waals surface area contributed by atoms with Gasteiger partial charge in [0.15, 0.2) is 0 Å². The van der Waals surface area contributed by atoms with Gasteiger partial charge in [0.05, 0.1) is 21.3 Å². The summed E-state index contributed by atoms with van der Waals surface area (Å²) in [6.07, 6.45) is 4.19. The molecule has 4 rings (SSSR count). The highest BCUT2D eigenvalue weighted by Gasteiger charge is 2.28. The number of benzene rings is 2. The van der Waals surface area contributed by atoms with Gasteiger partial charge in [0.2, 0.25) is 10.0 Å². The third-order valence-corrected chi connectivity index (χ3v) is 8.34. The molecule has 0 saturated carbocycles. The Kier molecular flexibility index (Phi) is 7.09. The zero-order valence-corrected chi connectivity index (χ0v) is 21.0. The summed E-state index contributed by atoms with van der Waals surface area (Å²) in [7, 11) is -0.319. The van der Waals surface area contributed by atoms with Crippen molar-refractivity contribution in [2.24, 2.45) is 0 Å². The van der Waals surface area contributed by atoms with E-state index < -0.39 is 10.0 Å². The lowest BCUT2D eigenvalue weighted by molar-refractivity contribution is 0.0828. The Morgan fingerprint density at radius 3 is 2.41 bits per heavy atom. The number of nitrogens with zero attached hydrogens (tertiary/aromatic N) is 3. The molecule has 0 bridgehead atoms. The second-order valence-electron chi connectivity index (χ2n) is 8.10. The van der Waals surface area contributed by atoms with E-state index in [0.717, 1.165) is 22.4 Å². The lowest BCUT2D eigenvalue weighted by atomic mass is 9.99. The maximum absolute atomic E-state index is 13.0. The fourth-order valence-corrected chi connectivity index (χ4v) is 5.94. The molecule has 0 spiro atoms. The van der Waals surface area contributed by atoms with Gasteiger partial charge in [-0.05, 0) is 54.0 Å². The fourth-order valence-electron chi connectivity index (χ4n) is 3.80. The van der Waals surface area contributed by atoms with Crippen LogP contribution in [0.1, 0.15) is 22.3 Å². The Balaban J connectivity index is 1.56. The van der Waals surface area contributed by atoms with Crippen molar-refractivity contribution in [3.8, 4) is 11.3 Å². The topological polar surface area (TPSA) is 70.6 Å². The molecular weight excluding hydrogens is 493 g/mol. The van der Waals surface area contributed by atoms with Crippen LogP contribution in [0.5, 0.6) is 0 Å². The largest absolute Gasteiger partial charge is 0.345 e. The molecule has 9 heteroatoms. The highest BCUT2D eigenvalue weighted by atomic mass is 35.5. The van der Waals surface area contributed by atoms with Crippen LogP contribution in [0.15, 0.2) is 71.8 Å². The van der Waals surface area contributed by atoms with E-state index in [1.54, 1.807) is 50.6 Å². The van der Waals surface area contributed by atoms with Crippen molar-refractivity contribution >= 4 is 44.7 Å². The zero-order valence-electron chi connectivity index (χ0n) is 18.7. The summed E-state index contributed by atoms with van der Waals surface area (Å²) in [6, 6.07) is 15.6. The molecule has 0 atom stereocenters. The van der Waals surface area contributed by atoms with Gasteiger partial charge >= 0.3 is 0 Å². The smallest absolute Gasteiger partial charge is 0.254 e. The van der Waals surface area contributed by atoms with Crippen molar-refractivity contribution in [3.63, 3.8) is 0 Å². The quantitative estimate of drug-likeness (QED) is 0.466. The van der Waals surface area contributed by atoms with Crippen LogP contribution in [0.4, 0.5) is 0 Å². The molecule has 2 heterocycles. The van der Waals surface area contributed by atoms with E-state index in [9.17, 15) is 13.2 Å². The van der Waals surface area contributed by atoms with Crippen molar-refractivity contribution in [1.29, 1.82) is 0 Å². The number of aromatic nitrogens is 1. The summed E-state index contributed by atoms with van der Waals surface area (Å²) in [4.78, 5) is 18.3. The van der Waals surface area contributed by atoms with Crippen LogP contribution in [0.25, 0.3) is 16.8 Å². The van der Waals surface area contributed by atoms with Crippen molar-refractivity contribution in [1.82, 2.24) is 14.2 Å². The predicted octanol–water partition coefficient (Wildman–Crippen LogP) is 5.24. The van der Waals surface area contributed by atoms with Gasteiger partial charge in [0, 0.05) is 38.9 Å². The van der Waals surface area contributed by atoms with E-state index in [1.807, 2.05) is 24.3 Å². The number of carbonyl (C=O) groups excluding carboxylic acids is 1. The molecule has 6 nitrogen and oxygen atoms in total. The van der Waals surface area contributed by atoms with E-state index >= 15 is 0 Å². The first-order valence-electron chi connectivity index (χ1n) is 10.6. The minimum absolute atomic E-state index is 0.118. The highest BCUT2D eigenvalue weighted by Crippen LogP contribution is 2.31. The molecule has 1 aliphatic heterocycles. The van der Waals surface area contributed by atoms with Gasteiger partial charge in [0.1, 0.15) is 4.90 Å². The summed E-state index contributed by atoms with van der Waals surface area (Å²) in [6.45, 7) is 0.609. The number of hydrogen-bond acceptors (Lipinski definition) is 4. The Labute approximate surface area is 209 Å². The first-order valence-corrected chi connectivity index (χ1v) is 12.8. The van der Waals surface area contributed by atoms with E-state index in [2.05, 4.69) is 4.98 Å². The summed E-state index contributed by atoms with van der Waals surface area (Å²) in [5, 5.41) is 0.578. The van der Waals surface area contributed by atoms with Crippen LogP contribution in [0, 0.1) is 0 Å². The van der Waals surface area contributed by atoms with Gasteiger partial charge < -0.3 is 4.90 Å². The van der Waals surface area contributed by atoms with Crippen molar-refractivity contribution in [2.75, 3.05) is 27.2 Å². The van der Waals surface area contributed by atoms with Gasteiger partial charge in [0.25, 0.3) is 5.91 Å². The second-order valence-corrected chi connectivity index (χ2v) is 10.8. The van der Waals surface area contributed by atoms with Crippen LogP contribution in [0.3, 0.4) is 0 Å². The van der Waals surface area contributed by atoms with Gasteiger partial charge in [-0.3, -0.25) is 9.78 Å². The molecule has 34 heavy (non-hydrogen) atoms. The summed E-state index contributed by atoms with van der Waals surface area (Å²) in [5.74, 6) is -0.165. The molecule has 176 valence electrons. The van der Waals surface area contributed by atoms with E-state index in [1.165, 1.54) is 15.3 Å². The maximum Gasteiger partial charge on any atom is 0.254 e. The Hall–Kier alpha value is -2.71. The second kappa shape index (κ2) is 9.88. The van der Waals surface area contributed by atoms with Crippen LogP contribution < -0.4 is 0 Å². The Bertz CT molecular complexity index is 1390. The molecule has 0 saturated heterocycles. The molecule has 0 unspecified atom stereocenters. The van der Waals surface area contributed by atoms with Crippen LogP contribution >= 0.6 is 23.2 Å². The minimum Gasteiger partial charge on any atom is -0.345 e. The number of pyridine rings is 1. The van der Waals surface area contributed by atoms with Crippen LogP contribution in [-0.4, -0.2) is 55.7 Å². The fraction of sp³-hybridized carbons (Fsp3) is 0.200. The number of amides is 1. The molecule has 0 radical (unpaired) electrons. The van der Waals surface area contributed by atoms with Gasteiger partial charge in [-0.15, -0.1) is 0 Å². The standard InChI is InChI=1S/C25H23Cl2N3O3S/c1-29(2)25(31)20-8-7-19(15-22(20)27)23-16-18(9-12-28-23)17-10-13-30(14-11-17)34(32,33)24-6-4-3-5-21(24)26/h3-10,12,15-16H,11,13-14H2,1-2H3. The number of carbonyl (C=O) groups is 1. The summed E-state index contributed by atoms with van der Waals surface area (Å²) < 4.78 is 27.4. The van der Waals surface area contributed by atoms with Crippen LogP contribution in [-0.2, 0) is 10.0 Å². The first kappa shape index (κ1) is 24.4. The molecule has 1 amide bonds. The monoisotopic (exact) mass is 515 g/mol. The van der Waals surface area contributed by atoms with E-state index in [0.29, 0.717) is 23.6 Å². The van der Waals surface area contributed by atoms with Gasteiger partial charge in [-0.25, -0.2) is 8.42 Å². The summed E-state index contributed by atoms with van der Waals surface area (Å²) in [5.41, 5.74) is 3.95. The van der Waals surface area contributed by atoms with Crippen molar-refractivity contribution in [3.05, 3.63) is 88.0 Å². The summed E-state index contributed by atoms with van der Waals surface area (Å²) >= 11 is 12.5. The number of halogens is 2. The molecule has 0 aliphatic carbocycles. The molecular formula is C25H23Cl2N3O3S. The molecule has 3 aromatic rings. The van der Waals surface area contributed by atoms with E-state index in [-0.39, 0.29) is 22.4 Å². The van der Waals surface area contributed by atoms with Crippen LogP contribution in [0.2, 0.25) is 10.0 Å². The lowest BCUT2D eigenvalue weighted by Crippen LogP contribution is -2.34. The van der Waals surface area contributed by atoms with E-state index in [4.69, 9.17) is 23.2 Å². The highest BCUT2D eigenvalue weighted by molar-refractivity contribution is 7.89. The molecule has 0 fully saturated rings.